The van der Waals surface area contributed by atoms with Gasteiger partial charge in [-0.1, -0.05) is 18.2 Å². The smallest absolute Gasteiger partial charge is 0.273 e. The lowest BCUT2D eigenvalue weighted by Gasteiger charge is -2.06. The maximum Gasteiger partial charge on any atom is 0.273 e. The number of nitro groups is 1. The summed E-state index contributed by atoms with van der Waals surface area (Å²) in [7, 11) is 2.97. The van der Waals surface area contributed by atoms with Gasteiger partial charge >= 0.3 is 0 Å². The van der Waals surface area contributed by atoms with E-state index in [1.807, 2.05) is 0 Å². The van der Waals surface area contributed by atoms with Gasteiger partial charge in [-0.2, -0.15) is 9.97 Å². The van der Waals surface area contributed by atoms with Crippen LogP contribution in [0.2, 0.25) is 0 Å². The fraction of sp³-hybridized carbons (Fsp3) is 0.231. The van der Waals surface area contributed by atoms with Gasteiger partial charge in [0.25, 0.3) is 5.69 Å². The largest absolute Gasteiger partial charge is 0.481 e. The summed E-state index contributed by atoms with van der Waals surface area (Å²) in [6, 6.07) is 8.03. The molecule has 0 saturated carbocycles. The Morgan fingerprint density at radius 3 is 2.30 bits per heavy atom. The van der Waals surface area contributed by atoms with Gasteiger partial charge in [-0.15, -0.1) is 0 Å². The van der Waals surface area contributed by atoms with Crippen molar-refractivity contribution in [3.05, 3.63) is 51.8 Å². The van der Waals surface area contributed by atoms with Gasteiger partial charge in [-0.3, -0.25) is 10.1 Å². The molecule has 7 nitrogen and oxygen atoms in total. The number of ether oxygens (including phenoxy) is 2. The molecule has 0 radical (unpaired) electrons. The number of aromatic nitrogens is 2. The summed E-state index contributed by atoms with van der Waals surface area (Å²) in [6.07, 6.45) is 0.227. The van der Waals surface area contributed by atoms with Crippen LogP contribution in [0.15, 0.2) is 30.3 Å². The van der Waals surface area contributed by atoms with Crippen molar-refractivity contribution in [2.75, 3.05) is 14.2 Å². The van der Waals surface area contributed by atoms with Crippen LogP contribution in [-0.4, -0.2) is 29.1 Å². The first-order valence-corrected chi connectivity index (χ1v) is 5.82. The van der Waals surface area contributed by atoms with Gasteiger partial charge in [-0.25, -0.2) is 0 Å². The van der Waals surface area contributed by atoms with Crippen molar-refractivity contribution in [1.29, 1.82) is 0 Å². The quantitative estimate of drug-likeness (QED) is 0.612. The highest BCUT2D eigenvalue weighted by Crippen LogP contribution is 2.22. The molecule has 0 atom stereocenters. The van der Waals surface area contributed by atoms with Crippen molar-refractivity contribution < 1.29 is 14.4 Å². The van der Waals surface area contributed by atoms with E-state index in [4.69, 9.17) is 9.47 Å². The van der Waals surface area contributed by atoms with Crippen molar-refractivity contribution in [2.45, 2.75) is 6.42 Å². The minimum absolute atomic E-state index is 0.0397. The van der Waals surface area contributed by atoms with Gasteiger partial charge in [0, 0.05) is 18.1 Å². The van der Waals surface area contributed by atoms with Gasteiger partial charge in [0.1, 0.15) is 5.82 Å². The van der Waals surface area contributed by atoms with Gasteiger partial charge in [-0.05, 0) is 0 Å². The van der Waals surface area contributed by atoms with Crippen LogP contribution < -0.4 is 9.47 Å². The Kier molecular flexibility index (Phi) is 4.09. The molecule has 0 unspecified atom stereocenters. The van der Waals surface area contributed by atoms with Crippen molar-refractivity contribution in [1.82, 2.24) is 9.97 Å². The molecular formula is C13H13N3O4. The normalized spacial score (nSPS) is 10.1. The highest BCUT2D eigenvalue weighted by Gasteiger charge is 2.15. The zero-order chi connectivity index (χ0) is 14.5. The average molecular weight is 275 g/mol. The summed E-state index contributed by atoms with van der Waals surface area (Å²) in [5, 5.41) is 11.0. The zero-order valence-corrected chi connectivity index (χ0v) is 11.1. The molecule has 1 heterocycles. The number of benzene rings is 1. The SMILES string of the molecule is COc1cc(OC)nc(Cc2ccccc2[N+](=O)[O-])n1. The number of hydrogen-bond acceptors (Lipinski definition) is 6. The van der Waals surface area contributed by atoms with Gasteiger partial charge in [0.05, 0.1) is 25.2 Å². The van der Waals surface area contributed by atoms with Gasteiger partial charge in [0.2, 0.25) is 11.8 Å². The van der Waals surface area contributed by atoms with E-state index in [0.717, 1.165) is 0 Å². The number of nitrogens with zero attached hydrogens (tertiary/aromatic N) is 3. The van der Waals surface area contributed by atoms with Crippen LogP contribution >= 0.6 is 0 Å². The molecule has 0 spiro atoms. The molecule has 0 fully saturated rings. The summed E-state index contributed by atoms with van der Waals surface area (Å²) in [5.74, 6) is 1.10. The maximum atomic E-state index is 11.0. The molecule has 7 heteroatoms. The molecule has 0 aliphatic rings. The van der Waals surface area contributed by atoms with Crippen molar-refractivity contribution in [3.63, 3.8) is 0 Å². The molecule has 0 amide bonds. The van der Waals surface area contributed by atoms with E-state index in [1.54, 1.807) is 24.3 Å². The standard InChI is InChI=1S/C13H13N3O4/c1-19-12-8-13(20-2)15-11(14-12)7-9-5-3-4-6-10(9)16(17)18/h3-6,8H,7H2,1-2H3. The summed E-state index contributed by atoms with van der Waals surface area (Å²) in [4.78, 5) is 18.9. The Balaban J connectivity index is 2.37. The Labute approximate surface area is 115 Å². The van der Waals surface area contributed by atoms with Gasteiger partial charge in [0.15, 0.2) is 0 Å². The molecule has 20 heavy (non-hydrogen) atoms. The van der Waals surface area contributed by atoms with E-state index in [2.05, 4.69) is 9.97 Å². The van der Waals surface area contributed by atoms with Gasteiger partial charge < -0.3 is 9.47 Å². The van der Waals surface area contributed by atoms with Crippen molar-refractivity contribution in [3.8, 4) is 11.8 Å². The van der Waals surface area contributed by atoms with Crippen LogP contribution in [-0.2, 0) is 6.42 Å². The summed E-state index contributed by atoms with van der Waals surface area (Å²) in [6.45, 7) is 0. The van der Waals surface area contributed by atoms with Crippen LogP contribution in [0.5, 0.6) is 11.8 Å². The summed E-state index contributed by atoms with van der Waals surface area (Å²) in [5.41, 5.74) is 0.575. The second-order valence-electron chi connectivity index (χ2n) is 3.93. The molecule has 1 aromatic carbocycles. The van der Waals surface area contributed by atoms with E-state index in [-0.39, 0.29) is 12.1 Å². The van der Waals surface area contributed by atoms with Crippen LogP contribution in [0, 0.1) is 10.1 Å². The molecule has 1 aromatic heterocycles. The topological polar surface area (TPSA) is 87.4 Å². The minimum Gasteiger partial charge on any atom is -0.481 e. The Hall–Kier alpha value is -2.70. The third-order valence-electron chi connectivity index (χ3n) is 2.68. The maximum absolute atomic E-state index is 11.0. The predicted octanol–water partition coefficient (Wildman–Crippen LogP) is 1.99. The number of methoxy groups -OCH3 is 2. The molecule has 104 valence electrons. The lowest BCUT2D eigenvalue weighted by atomic mass is 10.1. The lowest BCUT2D eigenvalue weighted by Crippen LogP contribution is -2.03. The van der Waals surface area contributed by atoms with Crippen molar-refractivity contribution >= 4 is 5.69 Å². The molecule has 0 aliphatic carbocycles. The molecule has 0 N–H and O–H groups in total. The molecule has 2 rings (SSSR count). The second kappa shape index (κ2) is 5.96. The fourth-order valence-corrected chi connectivity index (χ4v) is 1.75. The predicted molar refractivity (Wildman–Crippen MR) is 71.0 cm³/mol. The Morgan fingerprint density at radius 2 is 1.75 bits per heavy atom. The average Bonchev–Trinajstić information content (AvgIpc) is 2.47. The lowest BCUT2D eigenvalue weighted by molar-refractivity contribution is -0.385. The van der Waals surface area contributed by atoms with Crippen LogP contribution in [0.25, 0.3) is 0 Å². The fourth-order valence-electron chi connectivity index (χ4n) is 1.75. The second-order valence-corrected chi connectivity index (χ2v) is 3.93. The van der Waals surface area contributed by atoms with E-state index < -0.39 is 4.92 Å². The minimum atomic E-state index is -0.424. The number of para-hydroxylation sites is 1. The molecule has 0 aliphatic heterocycles. The van der Waals surface area contributed by atoms with Crippen LogP contribution in [0.4, 0.5) is 5.69 Å². The summed E-state index contributed by atoms with van der Waals surface area (Å²) >= 11 is 0. The monoisotopic (exact) mass is 275 g/mol. The third-order valence-corrected chi connectivity index (χ3v) is 2.68. The molecule has 2 aromatic rings. The van der Waals surface area contributed by atoms with Crippen LogP contribution in [0.3, 0.4) is 0 Å². The Bertz CT molecular complexity index is 609. The number of nitro benzene ring substituents is 1. The highest BCUT2D eigenvalue weighted by atomic mass is 16.6. The highest BCUT2D eigenvalue weighted by molar-refractivity contribution is 5.41. The molecule has 0 bridgehead atoms. The van der Waals surface area contributed by atoms with E-state index in [0.29, 0.717) is 23.1 Å². The Morgan fingerprint density at radius 1 is 1.15 bits per heavy atom. The van der Waals surface area contributed by atoms with Crippen LogP contribution in [0.1, 0.15) is 11.4 Å². The van der Waals surface area contributed by atoms with E-state index >= 15 is 0 Å². The van der Waals surface area contributed by atoms with Crippen molar-refractivity contribution in [2.24, 2.45) is 0 Å². The first kappa shape index (κ1) is 13.7. The molecular weight excluding hydrogens is 262 g/mol. The molecule has 0 saturated heterocycles. The zero-order valence-electron chi connectivity index (χ0n) is 11.1. The first-order chi connectivity index (χ1) is 9.63. The van der Waals surface area contributed by atoms with E-state index in [9.17, 15) is 10.1 Å². The van der Waals surface area contributed by atoms with E-state index in [1.165, 1.54) is 20.3 Å². The summed E-state index contributed by atoms with van der Waals surface area (Å²) < 4.78 is 10.1. The number of rotatable bonds is 5. The number of hydrogen-bond donors (Lipinski definition) is 0. The first-order valence-electron chi connectivity index (χ1n) is 5.82. The third kappa shape index (κ3) is 3.00.